The molecule has 1 atom stereocenters. The van der Waals surface area contributed by atoms with Gasteiger partial charge in [-0.05, 0) is 19.9 Å². The molecule has 1 saturated heterocycles. The van der Waals surface area contributed by atoms with Crippen molar-refractivity contribution >= 4 is 0 Å². The molecule has 0 radical (unpaired) electrons. The van der Waals surface area contributed by atoms with E-state index in [0.29, 0.717) is 13.0 Å². The second kappa shape index (κ2) is 3.31. The van der Waals surface area contributed by atoms with Crippen molar-refractivity contribution in [1.29, 1.82) is 0 Å². The van der Waals surface area contributed by atoms with E-state index in [9.17, 15) is 8.78 Å². The van der Waals surface area contributed by atoms with Crippen LogP contribution in [0.2, 0.25) is 0 Å². The Bertz CT molecular complexity index is 332. The second-order valence-corrected chi connectivity index (χ2v) is 3.79. The number of benzene rings is 1. The summed E-state index contributed by atoms with van der Waals surface area (Å²) in [6.07, 6.45) is 0.556. The monoisotopic (exact) mass is 197 g/mol. The average molecular weight is 197 g/mol. The molecule has 0 aliphatic carbocycles. The van der Waals surface area contributed by atoms with Crippen LogP contribution in [0.4, 0.5) is 8.78 Å². The number of hydrogen-bond acceptors (Lipinski definition) is 1. The molecule has 1 N–H and O–H groups in total. The highest BCUT2D eigenvalue weighted by Crippen LogP contribution is 2.35. The fourth-order valence-corrected chi connectivity index (χ4v) is 1.65. The lowest BCUT2D eigenvalue weighted by Crippen LogP contribution is -2.53. The molecule has 3 heteroatoms. The molecule has 2 rings (SSSR count). The van der Waals surface area contributed by atoms with E-state index >= 15 is 0 Å². The highest BCUT2D eigenvalue weighted by atomic mass is 19.3. The summed E-state index contributed by atoms with van der Waals surface area (Å²) in [7, 11) is 0. The molecule has 1 nitrogen and oxygen atoms in total. The minimum atomic E-state index is -2.73. The minimum absolute atomic E-state index is 0.120. The fraction of sp³-hybridized carbons (Fsp3) is 0.455. The third kappa shape index (κ3) is 1.52. The van der Waals surface area contributed by atoms with Crippen LogP contribution < -0.4 is 5.32 Å². The van der Waals surface area contributed by atoms with Gasteiger partial charge < -0.3 is 5.32 Å². The van der Waals surface area contributed by atoms with Gasteiger partial charge >= 0.3 is 0 Å². The van der Waals surface area contributed by atoms with Crippen LogP contribution in [0.15, 0.2) is 24.3 Å². The number of hydrogen-bond donors (Lipinski definition) is 1. The molecule has 0 saturated carbocycles. The molecule has 0 amide bonds. The molecule has 0 spiro atoms. The Kier molecular flexibility index (Phi) is 2.27. The predicted octanol–water partition coefficient (Wildman–Crippen LogP) is 2.45. The minimum Gasteiger partial charge on any atom is -0.308 e. The van der Waals surface area contributed by atoms with E-state index in [-0.39, 0.29) is 5.56 Å². The number of aryl methyl sites for hydroxylation is 1. The molecule has 1 aliphatic rings. The van der Waals surface area contributed by atoms with Crippen LogP contribution >= 0.6 is 0 Å². The smallest absolute Gasteiger partial charge is 0.288 e. The molecular formula is C11H13F2N. The first kappa shape index (κ1) is 9.59. The fourth-order valence-electron chi connectivity index (χ4n) is 1.65. The van der Waals surface area contributed by atoms with Crippen LogP contribution in [-0.2, 0) is 5.92 Å². The van der Waals surface area contributed by atoms with E-state index in [1.165, 1.54) is 6.07 Å². The zero-order chi connectivity index (χ0) is 10.2. The highest BCUT2D eigenvalue weighted by molar-refractivity contribution is 5.27. The van der Waals surface area contributed by atoms with E-state index in [4.69, 9.17) is 0 Å². The van der Waals surface area contributed by atoms with Crippen LogP contribution in [0.5, 0.6) is 0 Å². The number of nitrogens with one attached hydrogen (secondary N) is 1. The van der Waals surface area contributed by atoms with Gasteiger partial charge in [0.2, 0.25) is 0 Å². The average Bonchev–Trinajstić information content (AvgIpc) is 2.00. The topological polar surface area (TPSA) is 12.0 Å². The first-order valence-corrected chi connectivity index (χ1v) is 4.79. The van der Waals surface area contributed by atoms with Gasteiger partial charge in [0.05, 0.1) is 6.04 Å². The van der Waals surface area contributed by atoms with Crippen molar-refractivity contribution in [2.45, 2.75) is 25.3 Å². The zero-order valence-corrected chi connectivity index (χ0v) is 8.06. The lowest BCUT2D eigenvalue weighted by Gasteiger charge is -2.35. The largest absolute Gasteiger partial charge is 0.308 e. The van der Waals surface area contributed by atoms with Crippen molar-refractivity contribution in [2.24, 2.45) is 0 Å². The van der Waals surface area contributed by atoms with Gasteiger partial charge in [-0.3, -0.25) is 0 Å². The van der Waals surface area contributed by atoms with E-state index in [1.54, 1.807) is 12.1 Å². The molecular weight excluding hydrogens is 184 g/mol. The van der Waals surface area contributed by atoms with Crippen LogP contribution in [-0.4, -0.2) is 12.6 Å². The lowest BCUT2D eigenvalue weighted by molar-refractivity contribution is -0.0646. The van der Waals surface area contributed by atoms with Gasteiger partial charge in [0.15, 0.2) is 0 Å². The second-order valence-electron chi connectivity index (χ2n) is 3.79. The predicted molar refractivity (Wildman–Crippen MR) is 51.5 cm³/mol. The molecule has 0 aromatic heterocycles. The van der Waals surface area contributed by atoms with Crippen molar-refractivity contribution < 1.29 is 8.78 Å². The molecule has 1 aliphatic heterocycles. The number of rotatable bonds is 2. The maximum atomic E-state index is 13.7. The van der Waals surface area contributed by atoms with Crippen LogP contribution in [0, 0.1) is 6.92 Å². The number of alkyl halides is 2. The summed E-state index contributed by atoms with van der Waals surface area (Å²) in [4.78, 5) is 0. The summed E-state index contributed by atoms with van der Waals surface area (Å²) >= 11 is 0. The van der Waals surface area contributed by atoms with Crippen LogP contribution in [0.1, 0.15) is 17.5 Å². The van der Waals surface area contributed by atoms with Crippen molar-refractivity contribution in [3.63, 3.8) is 0 Å². The van der Waals surface area contributed by atoms with Gasteiger partial charge in [-0.25, -0.2) is 0 Å². The molecule has 1 aromatic rings. The summed E-state index contributed by atoms with van der Waals surface area (Å²) < 4.78 is 27.4. The maximum Gasteiger partial charge on any atom is 0.288 e. The third-order valence-electron chi connectivity index (χ3n) is 2.66. The molecule has 1 fully saturated rings. The molecule has 1 aromatic carbocycles. The van der Waals surface area contributed by atoms with Crippen LogP contribution in [0.3, 0.4) is 0 Å². The van der Waals surface area contributed by atoms with E-state index in [1.807, 2.05) is 13.0 Å². The van der Waals surface area contributed by atoms with Gasteiger partial charge in [-0.15, -0.1) is 0 Å². The standard InChI is InChI=1S/C11H13F2N/c1-8-3-2-4-9(7-8)11(12,13)10-5-6-14-10/h2-4,7,10,14H,5-6H2,1H3. The molecule has 14 heavy (non-hydrogen) atoms. The van der Waals surface area contributed by atoms with Gasteiger partial charge in [0.1, 0.15) is 0 Å². The van der Waals surface area contributed by atoms with Gasteiger partial charge in [0, 0.05) is 5.56 Å². The molecule has 1 unspecified atom stereocenters. The third-order valence-corrected chi connectivity index (χ3v) is 2.66. The summed E-state index contributed by atoms with van der Waals surface area (Å²) in [6.45, 7) is 2.53. The van der Waals surface area contributed by atoms with Gasteiger partial charge in [0.25, 0.3) is 5.92 Å². The Balaban J connectivity index is 2.28. The Labute approximate surface area is 82.1 Å². The Morgan fingerprint density at radius 1 is 1.43 bits per heavy atom. The normalized spacial score (nSPS) is 21.8. The van der Waals surface area contributed by atoms with E-state index in [0.717, 1.165) is 5.56 Å². The van der Waals surface area contributed by atoms with Crippen molar-refractivity contribution in [3.8, 4) is 0 Å². The quantitative estimate of drug-likeness (QED) is 0.767. The Hall–Kier alpha value is -0.960. The van der Waals surface area contributed by atoms with E-state index in [2.05, 4.69) is 5.32 Å². The summed E-state index contributed by atoms with van der Waals surface area (Å²) in [6, 6.07) is 5.88. The Morgan fingerprint density at radius 2 is 2.14 bits per heavy atom. The molecule has 76 valence electrons. The van der Waals surface area contributed by atoms with Gasteiger partial charge in [-0.2, -0.15) is 8.78 Å². The van der Waals surface area contributed by atoms with Gasteiger partial charge in [-0.1, -0.05) is 29.8 Å². The lowest BCUT2D eigenvalue weighted by atomic mass is 9.93. The van der Waals surface area contributed by atoms with E-state index < -0.39 is 12.0 Å². The maximum absolute atomic E-state index is 13.7. The number of halogens is 2. The molecule has 1 heterocycles. The molecule has 0 bridgehead atoms. The summed E-state index contributed by atoms with van der Waals surface area (Å²) in [5.41, 5.74) is 0.996. The van der Waals surface area contributed by atoms with Crippen LogP contribution in [0.25, 0.3) is 0 Å². The summed E-state index contributed by atoms with van der Waals surface area (Å²) in [5.74, 6) is -2.73. The highest BCUT2D eigenvalue weighted by Gasteiger charge is 2.44. The van der Waals surface area contributed by atoms with Crippen molar-refractivity contribution in [3.05, 3.63) is 35.4 Å². The first-order chi connectivity index (χ1) is 6.60. The Morgan fingerprint density at radius 3 is 2.64 bits per heavy atom. The summed E-state index contributed by atoms with van der Waals surface area (Å²) in [5, 5.41) is 2.75. The van der Waals surface area contributed by atoms with Crippen molar-refractivity contribution in [2.75, 3.05) is 6.54 Å². The zero-order valence-electron chi connectivity index (χ0n) is 8.06. The SMILES string of the molecule is Cc1cccc(C(F)(F)C2CCN2)c1. The van der Waals surface area contributed by atoms with Crippen molar-refractivity contribution in [1.82, 2.24) is 5.32 Å². The first-order valence-electron chi connectivity index (χ1n) is 4.79.